The number of hydrogen-bond donors (Lipinski definition) is 1. The molecule has 1 aromatic carbocycles. The zero-order valence-electron chi connectivity index (χ0n) is 16.4. The summed E-state index contributed by atoms with van der Waals surface area (Å²) in [6.07, 6.45) is 0.864. The third-order valence-electron chi connectivity index (χ3n) is 3.44. The number of nitrogens with zero attached hydrogens (tertiary/aromatic N) is 1. The monoisotopic (exact) mass is 428 g/mol. The van der Waals surface area contributed by atoms with Crippen LogP contribution in [0.2, 0.25) is 0 Å². The molecule has 146 valence electrons. The van der Waals surface area contributed by atoms with Crippen molar-refractivity contribution in [2.75, 3.05) is 26.8 Å². The molecule has 0 fully saturated rings. The summed E-state index contributed by atoms with van der Waals surface area (Å²) < 4.78 is 11.7. The first-order valence-electron chi connectivity index (χ1n) is 8.73. The Morgan fingerprint density at radius 2 is 1.88 bits per heavy atom. The molecule has 0 heterocycles. The van der Waals surface area contributed by atoms with Crippen LogP contribution in [0.3, 0.4) is 0 Å². The SMILES string of the molecule is CCCOc1c(Br)cc(C(=O)N(CC)CC(=O)NC(C)(C)C)cc1OC. The molecule has 26 heavy (non-hydrogen) atoms. The van der Waals surface area contributed by atoms with Gasteiger partial charge >= 0.3 is 0 Å². The van der Waals surface area contributed by atoms with Crippen molar-refractivity contribution in [2.45, 2.75) is 46.6 Å². The van der Waals surface area contributed by atoms with Crippen molar-refractivity contribution in [3.8, 4) is 11.5 Å². The molecule has 1 N–H and O–H groups in total. The molecule has 0 aliphatic carbocycles. The van der Waals surface area contributed by atoms with E-state index >= 15 is 0 Å². The minimum atomic E-state index is -0.343. The van der Waals surface area contributed by atoms with E-state index in [4.69, 9.17) is 9.47 Å². The average Bonchev–Trinajstić information content (AvgIpc) is 2.55. The lowest BCUT2D eigenvalue weighted by Gasteiger charge is -2.25. The summed E-state index contributed by atoms with van der Waals surface area (Å²) in [6.45, 7) is 10.5. The number of ether oxygens (including phenoxy) is 2. The quantitative estimate of drug-likeness (QED) is 0.686. The Labute approximate surface area is 164 Å². The predicted molar refractivity (Wildman–Crippen MR) is 106 cm³/mol. The Morgan fingerprint density at radius 1 is 1.23 bits per heavy atom. The molecule has 1 rings (SSSR count). The van der Waals surface area contributed by atoms with Crippen LogP contribution in [0.1, 0.15) is 51.4 Å². The molecular weight excluding hydrogens is 400 g/mol. The van der Waals surface area contributed by atoms with E-state index in [-0.39, 0.29) is 23.9 Å². The van der Waals surface area contributed by atoms with Crippen molar-refractivity contribution in [3.05, 3.63) is 22.2 Å². The molecule has 1 aromatic rings. The zero-order chi connectivity index (χ0) is 19.9. The molecule has 0 saturated carbocycles. The Bertz CT molecular complexity index is 641. The average molecular weight is 429 g/mol. The molecule has 0 radical (unpaired) electrons. The van der Waals surface area contributed by atoms with Crippen molar-refractivity contribution < 1.29 is 19.1 Å². The first-order chi connectivity index (χ1) is 12.1. The number of halogens is 1. The van der Waals surface area contributed by atoms with Crippen LogP contribution in [0.15, 0.2) is 16.6 Å². The van der Waals surface area contributed by atoms with E-state index in [0.29, 0.717) is 34.7 Å². The van der Waals surface area contributed by atoms with E-state index in [1.165, 1.54) is 12.0 Å². The second kappa shape index (κ2) is 9.80. The van der Waals surface area contributed by atoms with Crippen LogP contribution in [-0.2, 0) is 4.79 Å². The van der Waals surface area contributed by atoms with Gasteiger partial charge in [0.15, 0.2) is 11.5 Å². The van der Waals surface area contributed by atoms with Crippen molar-refractivity contribution >= 4 is 27.7 Å². The van der Waals surface area contributed by atoms with Crippen molar-refractivity contribution in [1.29, 1.82) is 0 Å². The summed E-state index contributed by atoms with van der Waals surface area (Å²) in [5, 5.41) is 2.87. The van der Waals surface area contributed by atoms with E-state index < -0.39 is 0 Å². The molecule has 0 aromatic heterocycles. The smallest absolute Gasteiger partial charge is 0.254 e. The van der Waals surface area contributed by atoms with Crippen LogP contribution < -0.4 is 14.8 Å². The van der Waals surface area contributed by atoms with Crippen LogP contribution >= 0.6 is 15.9 Å². The Hall–Kier alpha value is -1.76. The third kappa shape index (κ3) is 6.52. The number of amides is 2. The molecule has 7 heteroatoms. The van der Waals surface area contributed by atoms with E-state index in [0.717, 1.165) is 6.42 Å². The molecule has 0 spiro atoms. The van der Waals surface area contributed by atoms with E-state index in [1.807, 2.05) is 34.6 Å². The summed E-state index contributed by atoms with van der Waals surface area (Å²) in [5.41, 5.74) is 0.0901. The lowest BCUT2D eigenvalue weighted by atomic mass is 10.1. The highest BCUT2D eigenvalue weighted by atomic mass is 79.9. The van der Waals surface area contributed by atoms with Gasteiger partial charge in [-0.05, 0) is 62.2 Å². The van der Waals surface area contributed by atoms with Crippen molar-refractivity contribution in [2.24, 2.45) is 0 Å². The molecular formula is C19H29BrN2O4. The Balaban J connectivity index is 3.02. The molecule has 0 bridgehead atoms. The first-order valence-corrected chi connectivity index (χ1v) is 9.52. The maximum absolute atomic E-state index is 12.9. The van der Waals surface area contributed by atoms with Crippen LogP contribution in [0.4, 0.5) is 0 Å². The highest BCUT2D eigenvalue weighted by Crippen LogP contribution is 2.37. The molecule has 0 atom stereocenters. The van der Waals surface area contributed by atoms with Crippen molar-refractivity contribution in [3.63, 3.8) is 0 Å². The number of benzene rings is 1. The van der Waals surface area contributed by atoms with Gasteiger partial charge in [0.05, 0.1) is 24.7 Å². The lowest BCUT2D eigenvalue weighted by Crippen LogP contribution is -2.47. The van der Waals surface area contributed by atoms with Gasteiger partial charge in [-0.15, -0.1) is 0 Å². The molecule has 0 aliphatic heterocycles. The number of methoxy groups -OCH3 is 1. The van der Waals surface area contributed by atoms with Gasteiger partial charge in [0.25, 0.3) is 5.91 Å². The normalized spacial score (nSPS) is 11.0. The highest BCUT2D eigenvalue weighted by molar-refractivity contribution is 9.10. The largest absolute Gasteiger partial charge is 0.493 e. The second-order valence-electron chi connectivity index (χ2n) is 6.96. The first kappa shape index (κ1) is 22.3. The van der Waals surface area contributed by atoms with E-state index in [9.17, 15) is 9.59 Å². The summed E-state index contributed by atoms with van der Waals surface area (Å²) in [5.74, 6) is 0.616. The Kier molecular flexibility index (Phi) is 8.40. The van der Waals surface area contributed by atoms with Gasteiger partial charge in [-0.25, -0.2) is 0 Å². The fraction of sp³-hybridized carbons (Fsp3) is 0.579. The number of hydrogen-bond acceptors (Lipinski definition) is 4. The van der Waals surface area contributed by atoms with E-state index in [2.05, 4.69) is 21.2 Å². The predicted octanol–water partition coefficient (Wildman–Crippen LogP) is 3.62. The molecule has 6 nitrogen and oxygen atoms in total. The fourth-order valence-corrected chi connectivity index (χ4v) is 2.88. The number of rotatable bonds is 8. The molecule has 0 unspecified atom stereocenters. The maximum atomic E-state index is 12.9. The van der Waals surface area contributed by atoms with Crippen LogP contribution in [0.25, 0.3) is 0 Å². The highest BCUT2D eigenvalue weighted by Gasteiger charge is 2.22. The second-order valence-corrected chi connectivity index (χ2v) is 7.81. The van der Waals surface area contributed by atoms with Crippen LogP contribution in [0, 0.1) is 0 Å². The topological polar surface area (TPSA) is 67.9 Å². The van der Waals surface area contributed by atoms with Gasteiger partial charge in [-0.3, -0.25) is 9.59 Å². The lowest BCUT2D eigenvalue weighted by molar-refractivity contribution is -0.123. The van der Waals surface area contributed by atoms with Gasteiger partial charge in [-0.1, -0.05) is 6.92 Å². The zero-order valence-corrected chi connectivity index (χ0v) is 18.0. The standard InChI is InChI=1S/C19H29BrN2O4/c1-7-9-26-17-14(20)10-13(11-15(17)25-6)18(24)22(8-2)12-16(23)21-19(3,4)5/h10-11H,7-9,12H2,1-6H3,(H,21,23). The number of carbonyl (C=O) groups excluding carboxylic acids is 2. The van der Waals surface area contributed by atoms with Gasteiger partial charge in [0.1, 0.15) is 0 Å². The van der Waals surface area contributed by atoms with Gasteiger partial charge in [0.2, 0.25) is 5.91 Å². The molecule has 0 saturated heterocycles. The van der Waals surface area contributed by atoms with Gasteiger partial charge in [0, 0.05) is 17.6 Å². The number of likely N-dealkylation sites (N-methyl/N-ethyl adjacent to an activating group) is 1. The number of nitrogens with one attached hydrogen (secondary N) is 1. The minimum Gasteiger partial charge on any atom is -0.493 e. The Morgan fingerprint density at radius 3 is 2.38 bits per heavy atom. The minimum absolute atomic E-state index is 0.000619. The summed E-state index contributed by atoms with van der Waals surface area (Å²) in [6, 6.07) is 3.34. The van der Waals surface area contributed by atoms with Gasteiger partial charge < -0.3 is 19.7 Å². The fourth-order valence-electron chi connectivity index (χ4n) is 2.33. The van der Waals surface area contributed by atoms with E-state index in [1.54, 1.807) is 12.1 Å². The summed E-state index contributed by atoms with van der Waals surface area (Å²) in [7, 11) is 1.53. The van der Waals surface area contributed by atoms with Gasteiger partial charge in [-0.2, -0.15) is 0 Å². The van der Waals surface area contributed by atoms with Crippen LogP contribution in [-0.4, -0.2) is 49.1 Å². The molecule has 2 amide bonds. The van der Waals surface area contributed by atoms with Crippen LogP contribution in [0.5, 0.6) is 11.5 Å². The third-order valence-corrected chi connectivity index (χ3v) is 4.03. The maximum Gasteiger partial charge on any atom is 0.254 e. The van der Waals surface area contributed by atoms with Crippen molar-refractivity contribution in [1.82, 2.24) is 10.2 Å². The summed E-state index contributed by atoms with van der Waals surface area (Å²) >= 11 is 3.44. The molecule has 0 aliphatic rings. The summed E-state index contributed by atoms with van der Waals surface area (Å²) in [4.78, 5) is 26.5. The number of carbonyl (C=O) groups is 2.